The fraction of sp³-hybridized carbons (Fsp3) is 0.333. The highest BCUT2D eigenvalue weighted by Gasteiger charge is 2.16. The van der Waals surface area contributed by atoms with Crippen molar-refractivity contribution in [3.05, 3.63) is 52.8 Å². The van der Waals surface area contributed by atoms with Gasteiger partial charge in [0.25, 0.3) is 0 Å². The van der Waals surface area contributed by atoms with E-state index in [0.717, 1.165) is 17.4 Å². The van der Waals surface area contributed by atoms with Crippen LogP contribution in [0.2, 0.25) is 0 Å². The van der Waals surface area contributed by atoms with Gasteiger partial charge in [-0.25, -0.2) is 17.2 Å². The number of hydrogen-bond acceptors (Lipinski definition) is 6. The largest absolute Gasteiger partial charge is 0.497 e. The second kappa shape index (κ2) is 10.3. The van der Waals surface area contributed by atoms with E-state index >= 15 is 0 Å². The van der Waals surface area contributed by atoms with Crippen molar-refractivity contribution in [2.75, 3.05) is 26.6 Å². The van der Waals surface area contributed by atoms with Crippen LogP contribution in [0.3, 0.4) is 0 Å². The number of amides is 1. The summed E-state index contributed by atoms with van der Waals surface area (Å²) in [5, 5.41) is 0. The lowest BCUT2D eigenvalue weighted by atomic mass is 10.3. The molecule has 0 N–H and O–H groups in total. The standard InChI is InChI=1S/C21H22F2N2O5S2/c1-29-10-9-25-20-17(23)12-14(22)13-18(20)31-21(25)24-19(26)4-3-11-32(27,28)16-7-5-15(30-2)6-8-16/h5-8,12-13H,3-4,9-11H2,1-2H3. The Kier molecular flexibility index (Phi) is 7.75. The van der Waals surface area contributed by atoms with Crippen LogP contribution in [-0.4, -0.2) is 45.5 Å². The maximum absolute atomic E-state index is 14.3. The van der Waals surface area contributed by atoms with Gasteiger partial charge in [-0.15, -0.1) is 0 Å². The molecule has 0 aliphatic rings. The number of halogens is 2. The molecular formula is C21H22F2N2O5S2. The highest BCUT2D eigenvalue weighted by molar-refractivity contribution is 7.91. The number of hydrogen-bond donors (Lipinski definition) is 0. The lowest BCUT2D eigenvalue weighted by molar-refractivity contribution is -0.118. The molecule has 0 aliphatic heterocycles. The molecule has 0 aliphatic carbocycles. The minimum absolute atomic E-state index is 0.0721. The molecule has 172 valence electrons. The molecule has 1 heterocycles. The van der Waals surface area contributed by atoms with Gasteiger partial charge in [0.1, 0.15) is 11.6 Å². The van der Waals surface area contributed by atoms with Gasteiger partial charge >= 0.3 is 0 Å². The third-order valence-corrected chi connectivity index (χ3v) is 7.50. The molecular weight excluding hydrogens is 462 g/mol. The molecule has 0 atom stereocenters. The van der Waals surface area contributed by atoms with E-state index < -0.39 is 27.4 Å². The SMILES string of the molecule is COCCn1c(=NC(=O)CCCS(=O)(=O)c2ccc(OC)cc2)sc2cc(F)cc(F)c21. The van der Waals surface area contributed by atoms with Gasteiger partial charge in [-0.3, -0.25) is 4.79 Å². The lowest BCUT2D eigenvalue weighted by Crippen LogP contribution is -2.20. The number of thiazole rings is 1. The van der Waals surface area contributed by atoms with Crippen LogP contribution >= 0.6 is 11.3 Å². The average Bonchev–Trinajstić information content (AvgIpc) is 3.08. The molecule has 1 amide bonds. The number of nitrogens with zero attached hydrogens (tertiary/aromatic N) is 2. The quantitative estimate of drug-likeness (QED) is 0.465. The van der Waals surface area contributed by atoms with E-state index in [0.29, 0.717) is 10.4 Å². The summed E-state index contributed by atoms with van der Waals surface area (Å²) < 4.78 is 64.7. The third kappa shape index (κ3) is 5.59. The van der Waals surface area contributed by atoms with Gasteiger partial charge in [-0.05, 0) is 36.8 Å². The van der Waals surface area contributed by atoms with Crippen LogP contribution < -0.4 is 9.54 Å². The fourth-order valence-electron chi connectivity index (χ4n) is 3.08. The van der Waals surface area contributed by atoms with E-state index in [1.165, 1.54) is 37.0 Å². The summed E-state index contributed by atoms with van der Waals surface area (Å²) in [5.41, 5.74) is 0.141. The van der Waals surface area contributed by atoms with Crippen LogP contribution in [0.5, 0.6) is 5.75 Å². The molecule has 3 aromatic rings. The number of carbonyl (C=O) groups is 1. The van der Waals surface area contributed by atoms with Crippen LogP contribution in [0.1, 0.15) is 12.8 Å². The zero-order valence-electron chi connectivity index (χ0n) is 17.5. The first-order valence-electron chi connectivity index (χ1n) is 9.67. The Morgan fingerprint density at radius 1 is 1.16 bits per heavy atom. The Balaban J connectivity index is 1.76. The Labute approximate surface area is 187 Å². The van der Waals surface area contributed by atoms with Crippen molar-refractivity contribution in [3.8, 4) is 5.75 Å². The maximum atomic E-state index is 14.3. The van der Waals surface area contributed by atoms with Crippen molar-refractivity contribution in [1.29, 1.82) is 0 Å². The monoisotopic (exact) mass is 484 g/mol. The predicted octanol–water partition coefficient (Wildman–Crippen LogP) is 3.32. The van der Waals surface area contributed by atoms with Crippen LogP contribution in [0.15, 0.2) is 46.3 Å². The number of sulfone groups is 1. The van der Waals surface area contributed by atoms with E-state index in [2.05, 4.69) is 4.99 Å². The summed E-state index contributed by atoms with van der Waals surface area (Å²) in [5.74, 6) is -1.72. The number of benzene rings is 2. The number of aromatic nitrogens is 1. The van der Waals surface area contributed by atoms with E-state index in [1.807, 2.05) is 0 Å². The van der Waals surface area contributed by atoms with E-state index in [-0.39, 0.29) is 47.0 Å². The second-order valence-electron chi connectivity index (χ2n) is 6.87. The van der Waals surface area contributed by atoms with Crippen molar-refractivity contribution >= 4 is 37.3 Å². The molecule has 1 aromatic heterocycles. The number of rotatable bonds is 9. The first-order chi connectivity index (χ1) is 15.2. The second-order valence-corrected chi connectivity index (χ2v) is 9.99. The fourth-order valence-corrected chi connectivity index (χ4v) is 5.50. The van der Waals surface area contributed by atoms with Crippen molar-refractivity contribution in [3.63, 3.8) is 0 Å². The van der Waals surface area contributed by atoms with Gasteiger partial charge in [0.05, 0.1) is 34.6 Å². The lowest BCUT2D eigenvalue weighted by Gasteiger charge is -2.06. The molecule has 32 heavy (non-hydrogen) atoms. The van der Waals surface area contributed by atoms with Crippen molar-refractivity contribution in [2.24, 2.45) is 4.99 Å². The summed E-state index contributed by atoms with van der Waals surface area (Å²) in [7, 11) is -0.597. The molecule has 0 bridgehead atoms. The maximum Gasteiger partial charge on any atom is 0.248 e. The first-order valence-corrected chi connectivity index (χ1v) is 12.1. The van der Waals surface area contributed by atoms with Gasteiger partial charge in [0.2, 0.25) is 5.91 Å². The number of methoxy groups -OCH3 is 2. The Bertz CT molecular complexity index is 1280. The highest BCUT2D eigenvalue weighted by atomic mass is 32.2. The minimum Gasteiger partial charge on any atom is -0.497 e. The highest BCUT2D eigenvalue weighted by Crippen LogP contribution is 2.22. The van der Waals surface area contributed by atoms with Gasteiger partial charge in [0.15, 0.2) is 20.5 Å². The Morgan fingerprint density at radius 3 is 2.53 bits per heavy atom. The van der Waals surface area contributed by atoms with Crippen LogP contribution in [-0.2, 0) is 25.9 Å². The third-order valence-electron chi connectivity index (χ3n) is 4.66. The number of ether oxygens (including phenoxy) is 2. The Hall–Kier alpha value is -2.63. The van der Waals surface area contributed by atoms with E-state index in [9.17, 15) is 22.0 Å². The smallest absolute Gasteiger partial charge is 0.248 e. The molecule has 3 rings (SSSR count). The summed E-state index contributed by atoms with van der Waals surface area (Å²) >= 11 is 0.980. The topological polar surface area (TPSA) is 87.0 Å². The van der Waals surface area contributed by atoms with Crippen LogP contribution in [0.25, 0.3) is 10.2 Å². The minimum atomic E-state index is -3.56. The van der Waals surface area contributed by atoms with Gasteiger partial charge in [-0.1, -0.05) is 11.3 Å². The number of carbonyl (C=O) groups excluding carboxylic acids is 1. The molecule has 0 radical (unpaired) electrons. The molecule has 0 saturated heterocycles. The molecule has 0 saturated carbocycles. The molecule has 0 spiro atoms. The van der Waals surface area contributed by atoms with Gasteiger partial charge in [-0.2, -0.15) is 4.99 Å². The predicted molar refractivity (Wildman–Crippen MR) is 116 cm³/mol. The van der Waals surface area contributed by atoms with Crippen molar-refractivity contribution in [1.82, 2.24) is 4.57 Å². The van der Waals surface area contributed by atoms with E-state index in [4.69, 9.17) is 9.47 Å². The average molecular weight is 485 g/mol. The van der Waals surface area contributed by atoms with E-state index in [1.54, 1.807) is 12.1 Å². The zero-order chi connectivity index (χ0) is 23.3. The summed E-state index contributed by atoms with van der Waals surface area (Å²) in [6.07, 6.45) is -0.0343. The molecule has 0 fully saturated rings. The van der Waals surface area contributed by atoms with Crippen molar-refractivity contribution in [2.45, 2.75) is 24.3 Å². The summed E-state index contributed by atoms with van der Waals surface area (Å²) in [6, 6.07) is 7.95. The van der Waals surface area contributed by atoms with Crippen LogP contribution in [0, 0.1) is 11.6 Å². The molecule has 11 heteroatoms. The Morgan fingerprint density at radius 2 is 1.88 bits per heavy atom. The number of fused-ring (bicyclic) bond motifs is 1. The van der Waals surface area contributed by atoms with Crippen LogP contribution in [0.4, 0.5) is 8.78 Å². The summed E-state index contributed by atoms with van der Waals surface area (Å²) in [6.45, 7) is 0.459. The molecule has 2 aromatic carbocycles. The molecule has 0 unspecified atom stereocenters. The summed E-state index contributed by atoms with van der Waals surface area (Å²) in [4.78, 5) is 16.8. The molecule has 7 nitrogen and oxygen atoms in total. The normalized spacial score (nSPS) is 12.4. The van der Waals surface area contributed by atoms with Gasteiger partial charge in [0, 0.05) is 26.1 Å². The van der Waals surface area contributed by atoms with Crippen molar-refractivity contribution < 1.29 is 31.5 Å². The first kappa shape index (κ1) is 24.0. The zero-order valence-corrected chi connectivity index (χ0v) is 19.1. The van der Waals surface area contributed by atoms with Gasteiger partial charge < -0.3 is 14.0 Å².